The summed E-state index contributed by atoms with van der Waals surface area (Å²) in [7, 11) is -3.29. The smallest absolute Gasteiger partial charge is 0.213 e. The summed E-state index contributed by atoms with van der Waals surface area (Å²) in [5, 5.41) is 7.56. The van der Waals surface area contributed by atoms with Crippen LogP contribution in [0.4, 0.5) is 0 Å². The van der Waals surface area contributed by atoms with Crippen molar-refractivity contribution in [1.82, 2.24) is 5.32 Å². The fourth-order valence-electron chi connectivity index (χ4n) is 1.10. The highest BCUT2D eigenvalue weighted by molar-refractivity contribution is 7.89. The summed E-state index contributed by atoms with van der Waals surface area (Å²) in [4.78, 5) is 0. The van der Waals surface area contributed by atoms with Crippen LogP contribution in [0.15, 0.2) is 0 Å². The summed E-state index contributed by atoms with van der Waals surface area (Å²) >= 11 is 0. The molecule has 0 aliphatic carbocycles. The van der Waals surface area contributed by atoms with Crippen molar-refractivity contribution in [3.8, 4) is 0 Å². The summed E-state index contributed by atoms with van der Waals surface area (Å²) < 4.78 is 21.4. The van der Waals surface area contributed by atoms with Crippen molar-refractivity contribution >= 4 is 10.0 Å². The van der Waals surface area contributed by atoms with Gasteiger partial charge in [-0.25, -0.2) is 13.6 Å². The Morgan fingerprint density at radius 1 is 1.50 bits per heavy atom. The van der Waals surface area contributed by atoms with Gasteiger partial charge in [-0.2, -0.15) is 0 Å². The van der Waals surface area contributed by atoms with Crippen LogP contribution in [-0.2, 0) is 10.0 Å². The lowest BCUT2D eigenvalue weighted by atomic mass is 10.2. The molecular weight excluding hydrogens is 152 g/mol. The largest absolute Gasteiger partial charge is 0.315 e. The number of nitrogens with two attached hydrogens (primary N) is 1. The minimum absolute atomic E-state index is 0.360. The van der Waals surface area contributed by atoms with Crippen LogP contribution >= 0.6 is 0 Å². The van der Waals surface area contributed by atoms with Crippen LogP contribution in [0.25, 0.3) is 0 Å². The van der Waals surface area contributed by atoms with E-state index in [-0.39, 0.29) is 5.25 Å². The summed E-state index contributed by atoms with van der Waals surface area (Å²) in [6, 6.07) is 0. The van der Waals surface area contributed by atoms with Crippen LogP contribution < -0.4 is 10.5 Å². The second kappa shape index (κ2) is 2.86. The molecule has 0 aromatic heterocycles. The van der Waals surface area contributed by atoms with Gasteiger partial charge < -0.3 is 5.32 Å². The van der Waals surface area contributed by atoms with Crippen molar-refractivity contribution in [2.24, 2.45) is 5.14 Å². The van der Waals surface area contributed by atoms with Gasteiger partial charge in [-0.1, -0.05) is 0 Å². The maximum absolute atomic E-state index is 10.7. The van der Waals surface area contributed by atoms with E-state index in [4.69, 9.17) is 5.14 Å². The van der Waals surface area contributed by atoms with Crippen molar-refractivity contribution in [3.63, 3.8) is 0 Å². The second-order valence-electron chi connectivity index (χ2n) is 2.56. The zero-order valence-electron chi connectivity index (χ0n) is 5.71. The maximum atomic E-state index is 10.7. The Labute approximate surface area is 60.8 Å². The fraction of sp³-hybridized carbons (Fsp3) is 1.00. The van der Waals surface area contributed by atoms with E-state index in [1.54, 1.807) is 0 Å². The van der Waals surface area contributed by atoms with Crippen LogP contribution in [-0.4, -0.2) is 26.8 Å². The minimum atomic E-state index is -3.29. The van der Waals surface area contributed by atoms with E-state index in [1.807, 2.05) is 0 Å². The highest BCUT2D eigenvalue weighted by Crippen LogP contribution is 2.07. The molecule has 1 saturated heterocycles. The van der Waals surface area contributed by atoms with Gasteiger partial charge in [-0.15, -0.1) is 0 Å². The molecule has 0 spiro atoms. The third kappa shape index (κ3) is 1.93. The van der Waals surface area contributed by atoms with E-state index < -0.39 is 10.0 Å². The highest BCUT2D eigenvalue weighted by atomic mass is 32.2. The topological polar surface area (TPSA) is 72.2 Å². The van der Waals surface area contributed by atoms with Crippen LogP contribution in [0.5, 0.6) is 0 Å². The Morgan fingerprint density at radius 2 is 2.20 bits per heavy atom. The Balaban J connectivity index is 2.56. The molecule has 1 rings (SSSR count). The Bertz CT molecular complexity index is 194. The number of rotatable bonds is 1. The molecule has 1 heterocycles. The number of piperidine rings is 1. The third-order valence-electron chi connectivity index (χ3n) is 1.72. The lowest BCUT2D eigenvalue weighted by molar-refractivity contribution is 0.497. The minimum Gasteiger partial charge on any atom is -0.315 e. The molecule has 1 unspecified atom stereocenters. The zero-order valence-corrected chi connectivity index (χ0v) is 6.52. The molecule has 0 aromatic rings. The van der Waals surface area contributed by atoms with Crippen molar-refractivity contribution in [1.29, 1.82) is 0 Å². The third-order valence-corrected chi connectivity index (χ3v) is 3.05. The molecule has 1 atom stereocenters. The quantitative estimate of drug-likeness (QED) is 0.523. The van der Waals surface area contributed by atoms with Crippen molar-refractivity contribution in [3.05, 3.63) is 0 Å². The molecule has 1 aliphatic heterocycles. The normalized spacial score (nSPS) is 28.3. The summed E-state index contributed by atoms with van der Waals surface area (Å²) in [6.45, 7) is 1.42. The molecule has 0 aromatic carbocycles. The van der Waals surface area contributed by atoms with Gasteiger partial charge in [0.05, 0.1) is 5.25 Å². The number of hydrogen-bond acceptors (Lipinski definition) is 3. The van der Waals surface area contributed by atoms with E-state index in [9.17, 15) is 8.42 Å². The van der Waals surface area contributed by atoms with Crippen molar-refractivity contribution in [2.45, 2.75) is 18.1 Å². The summed E-state index contributed by atoms with van der Waals surface area (Å²) in [5.74, 6) is 0. The Kier molecular flexibility index (Phi) is 2.28. The van der Waals surface area contributed by atoms with Gasteiger partial charge in [0.1, 0.15) is 0 Å². The molecule has 3 N–H and O–H groups in total. The SMILES string of the molecule is NS(=O)(=O)C1CCCNC1. The van der Waals surface area contributed by atoms with Gasteiger partial charge in [0.15, 0.2) is 0 Å². The first-order chi connectivity index (χ1) is 4.61. The van der Waals surface area contributed by atoms with Gasteiger partial charge in [-0.3, -0.25) is 0 Å². The van der Waals surface area contributed by atoms with E-state index in [1.165, 1.54) is 0 Å². The number of sulfonamides is 1. The first kappa shape index (κ1) is 7.97. The Hall–Kier alpha value is -0.130. The number of primary sulfonamides is 1. The van der Waals surface area contributed by atoms with E-state index in [0.717, 1.165) is 13.0 Å². The molecular formula is C5H12N2O2S. The zero-order chi connectivity index (χ0) is 7.61. The van der Waals surface area contributed by atoms with Gasteiger partial charge in [0.25, 0.3) is 0 Å². The summed E-state index contributed by atoms with van der Waals surface area (Å²) in [6.07, 6.45) is 1.60. The number of nitrogens with one attached hydrogen (secondary N) is 1. The number of hydrogen-bond donors (Lipinski definition) is 2. The first-order valence-corrected chi connectivity index (χ1v) is 4.94. The lowest BCUT2D eigenvalue weighted by Gasteiger charge is -2.20. The van der Waals surface area contributed by atoms with Crippen LogP contribution in [0, 0.1) is 0 Å². The first-order valence-electron chi connectivity index (χ1n) is 3.33. The molecule has 0 radical (unpaired) electrons. The van der Waals surface area contributed by atoms with Crippen LogP contribution in [0.2, 0.25) is 0 Å². The predicted octanol–water partition coefficient (Wildman–Crippen LogP) is -0.973. The van der Waals surface area contributed by atoms with Gasteiger partial charge >= 0.3 is 0 Å². The van der Waals surface area contributed by atoms with Crippen LogP contribution in [0.3, 0.4) is 0 Å². The average Bonchev–Trinajstić information content (AvgIpc) is 1.88. The van der Waals surface area contributed by atoms with E-state index >= 15 is 0 Å². The van der Waals surface area contributed by atoms with Crippen molar-refractivity contribution < 1.29 is 8.42 Å². The molecule has 0 saturated carbocycles. The molecule has 1 aliphatic rings. The molecule has 0 amide bonds. The predicted molar refractivity (Wildman–Crippen MR) is 39.0 cm³/mol. The van der Waals surface area contributed by atoms with E-state index in [2.05, 4.69) is 5.32 Å². The lowest BCUT2D eigenvalue weighted by Crippen LogP contribution is -2.41. The van der Waals surface area contributed by atoms with Crippen LogP contribution in [0.1, 0.15) is 12.8 Å². The molecule has 0 bridgehead atoms. The molecule has 4 nitrogen and oxygen atoms in total. The fourth-order valence-corrected chi connectivity index (χ4v) is 1.95. The second-order valence-corrected chi connectivity index (χ2v) is 4.40. The standard InChI is InChI=1S/C5H12N2O2S/c6-10(8,9)5-2-1-3-7-4-5/h5,7H,1-4H2,(H2,6,8,9). The van der Waals surface area contributed by atoms with Crippen molar-refractivity contribution in [2.75, 3.05) is 13.1 Å². The molecule has 1 fully saturated rings. The Morgan fingerprint density at radius 3 is 2.50 bits per heavy atom. The maximum Gasteiger partial charge on any atom is 0.213 e. The molecule has 5 heteroatoms. The van der Waals surface area contributed by atoms with Gasteiger partial charge in [-0.05, 0) is 19.4 Å². The molecule has 10 heavy (non-hydrogen) atoms. The monoisotopic (exact) mass is 164 g/mol. The van der Waals surface area contributed by atoms with E-state index in [0.29, 0.717) is 13.0 Å². The van der Waals surface area contributed by atoms with Gasteiger partial charge in [0.2, 0.25) is 10.0 Å². The highest BCUT2D eigenvalue weighted by Gasteiger charge is 2.22. The molecule has 60 valence electrons. The average molecular weight is 164 g/mol. The van der Waals surface area contributed by atoms with Gasteiger partial charge in [0, 0.05) is 6.54 Å². The summed E-state index contributed by atoms with van der Waals surface area (Å²) in [5.41, 5.74) is 0.